The average Bonchev–Trinajstić information content (AvgIpc) is 2.14. The maximum absolute atomic E-state index is 13.4. The van der Waals surface area contributed by atoms with E-state index < -0.39 is 0 Å². The van der Waals surface area contributed by atoms with Gasteiger partial charge in [-0.1, -0.05) is 19.9 Å². The van der Waals surface area contributed by atoms with Gasteiger partial charge in [0.25, 0.3) is 0 Å². The van der Waals surface area contributed by atoms with Crippen LogP contribution < -0.4 is 5.32 Å². The van der Waals surface area contributed by atoms with E-state index in [9.17, 15) is 4.39 Å². The number of hydrogen-bond acceptors (Lipinski definition) is 1. The van der Waals surface area contributed by atoms with Gasteiger partial charge in [-0.15, -0.1) is 0 Å². The summed E-state index contributed by atoms with van der Waals surface area (Å²) in [6.07, 6.45) is 2.27. The molecule has 0 fully saturated rings. The van der Waals surface area contributed by atoms with Crippen LogP contribution in [0.5, 0.6) is 0 Å². The van der Waals surface area contributed by atoms with E-state index in [2.05, 4.69) is 19.2 Å². The fourth-order valence-corrected chi connectivity index (χ4v) is 1.50. The lowest BCUT2D eigenvalue weighted by atomic mass is 10.1. The Bertz CT molecular complexity index is 307. The maximum Gasteiger partial charge on any atom is 0.146 e. The lowest BCUT2D eigenvalue weighted by molar-refractivity contribution is 0.565. The Morgan fingerprint density at radius 3 is 2.67 bits per heavy atom. The van der Waals surface area contributed by atoms with Crippen molar-refractivity contribution in [2.75, 3.05) is 11.9 Å². The molecule has 15 heavy (non-hydrogen) atoms. The highest BCUT2D eigenvalue weighted by Gasteiger charge is 2.01. The van der Waals surface area contributed by atoms with E-state index in [0.29, 0.717) is 5.69 Å². The predicted molar refractivity (Wildman–Crippen MR) is 63.7 cm³/mol. The zero-order valence-corrected chi connectivity index (χ0v) is 9.81. The summed E-state index contributed by atoms with van der Waals surface area (Å²) in [5.74, 6) is 0.564. The van der Waals surface area contributed by atoms with Gasteiger partial charge in [0.05, 0.1) is 5.69 Å². The molecule has 0 amide bonds. The van der Waals surface area contributed by atoms with Gasteiger partial charge in [-0.25, -0.2) is 4.39 Å². The summed E-state index contributed by atoms with van der Waals surface area (Å²) in [6.45, 7) is 7.14. The molecule has 0 aliphatic carbocycles. The summed E-state index contributed by atoms with van der Waals surface area (Å²) in [5, 5.41) is 3.12. The topological polar surface area (TPSA) is 12.0 Å². The van der Waals surface area contributed by atoms with E-state index >= 15 is 0 Å². The third-order valence-corrected chi connectivity index (χ3v) is 2.40. The van der Waals surface area contributed by atoms with Crippen LogP contribution >= 0.6 is 0 Å². The van der Waals surface area contributed by atoms with Crippen molar-refractivity contribution in [1.29, 1.82) is 0 Å². The zero-order chi connectivity index (χ0) is 11.3. The van der Waals surface area contributed by atoms with Crippen LogP contribution in [0, 0.1) is 18.7 Å². The second-order valence-corrected chi connectivity index (χ2v) is 4.45. The third-order valence-electron chi connectivity index (χ3n) is 2.40. The molecule has 0 radical (unpaired) electrons. The van der Waals surface area contributed by atoms with E-state index in [4.69, 9.17) is 0 Å². The molecule has 0 atom stereocenters. The highest BCUT2D eigenvalue weighted by molar-refractivity contribution is 5.45. The minimum absolute atomic E-state index is 0.153. The first-order valence-corrected chi connectivity index (χ1v) is 5.59. The summed E-state index contributed by atoms with van der Waals surface area (Å²) in [5.41, 5.74) is 1.57. The fourth-order valence-electron chi connectivity index (χ4n) is 1.50. The standard InChI is InChI=1S/C13H20FN/c1-10(2)5-4-8-15-13-7-6-11(3)9-12(13)14/h6-7,9-10,15H,4-5,8H2,1-3H3. The maximum atomic E-state index is 13.4. The first-order valence-electron chi connectivity index (χ1n) is 5.59. The monoisotopic (exact) mass is 209 g/mol. The first-order chi connectivity index (χ1) is 7.09. The van der Waals surface area contributed by atoms with E-state index in [1.165, 1.54) is 6.42 Å². The number of nitrogens with one attached hydrogen (secondary N) is 1. The third kappa shape index (κ3) is 4.32. The summed E-state index contributed by atoms with van der Waals surface area (Å²) < 4.78 is 13.4. The molecule has 1 aromatic rings. The van der Waals surface area contributed by atoms with Crippen molar-refractivity contribution in [2.45, 2.75) is 33.6 Å². The summed E-state index contributed by atoms with van der Waals surface area (Å²) in [4.78, 5) is 0. The van der Waals surface area contributed by atoms with Crippen molar-refractivity contribution >= 4 is 5.69 Å². The Kier molecular flexibility index (Phi) is 4.60. The van der Waals surface area contributed by atoms with Gasteiger partial charge in [-0.3, -0.25) is 0 Å². The average molecular weight is 209 g/mol. The molecule has 0 bridgehead atoms. The van der Waals surface area contributed by atoms with Crippen molar-refractivity contribution in [3.05, 3.63) is 29.6 Å². The van der Waals surface area contributed by atoms with Gasteiger partial charge >= 0.3 is 0 Å². The molecule has 1 nitrogen and oxygen atoms in total. The molecule has 0 unspecified atom stereocenters. The van der Waals surface area contributed by atoms with Gasteiger partial charge in [-0.2, -0.15) is 0 Å². The minimum atomic E-state index is -0.153. The Morgan fingerprint density at radius 2 is 2.07 bits per heavy atom. The number of benzene rings is 1. The van der Waals surface area contributed by atoms with Crippen LogP contribution in [-0.2, 0) is 0 Å². The number of aryl methyl sites for hydroxylation is 1. The Hall–Kier alpha value is -1.05. The molecule has 0 spiro atoms. The molecular formula is C13H20FN. The van der Waals surface area contributed by atoms with Gasteiger partial charge in [0.2, 0.25) is 0 Å². The Labute approximate surface area is 91.7 Å². The minimum Gasteiger partial charge on any atom is -0.383 e. The molecule has 0 saturated carbocycles. The Balaban J connectivity index is 2.37. The highest BCUT2D eigenvalue weighted by atomic mass is 19.1. The van der Waals surface area contributed by atoms with Gasteiger partial charge < -0.3 is 5.32 Å². The molecule has 1 N–H and O–H groups in total. The smallest absolute Gasteiger partial charge is 0.146 e. The van der Waals surface area contributed by atoms with Crippen LogP contribution in [-0.4, -0.2) is 6.54 Å². The van der Waals surface area contributed by atoms with E-state index in [1.54, 1.807) is 12.1 Å². The van der Waals surface area contributed by atoms with Gasteiger partial charge in [-0.05, 0) is 43.4 Å². The van der Waals surface area contributed by atoms with Crippen LogP contribution in [0.1, 0.15) is 32.3 Å². The number of halogens is 1. The van der Waals surface area contributed by atoms with Crippen molar-refractivity contribution in [3.63, 3.8) is 0 Å². The molecular weight excluding hydrogens is 189 g/mol. The van der Waals surface area contributed by atoms with Crippen LogP contribution in [0.15, 0.2) is 18.2 Å². The van der Waals surface area contributed by atoms with Crippen LogP contribution in [0.3, 0.4) is 0 Å². The fraction of sp³-hybridized carbons (Fsp3) is 0.538. The number of anilines is 1. The van der Waals surface area contributed by atoms with Crippen molar-refractivity contribution < 1.29 is 4.39 Å². The summed E-state index contributed by atoms with van der Waals surface area (Å²) in [6, 6.07) is 5.29. The van der Waals surface area contributed by atoms with E-state index in [1.807, 2.05) is 13.0 Å². The zero-order valence-electron chi connectivity index (χ0n) is 9.81. The molecule has 1 aromatic carbocycles. The van der Waals surface area contributed by atoms with E-state index in [-0.39, 0.29) is 5.82 Å². The lowest BCUT2D eigenvalue weighted by Gasteiger charge is -2.09. The van der Waals surface area contributed by atoms with Gasteiger partial charge in [0, 0.05) is 6.54 Å². The largest absolute Gasteiger partial charge is 0.383 e. The Morgan fingerprint density at radius 1 is 1.33 bits per heavy atom. The molecule has 0 aliphatic rings. The lowest BCUT2D eigenvalue weighted by Crippen LogP contribution is -2.04. The SMILES string of the molecule is Cc1ccc(NCCCC(C)C)c(F)c1. The second-order valence-electron chi connectivity index (χ2n) is 4.45. The van der Waals surface area contributed by atoms with Crippen LogP contribution in [0.2, 0.25) is 0 Å². The predicted octanol–water partition coefficient (Wildman–Crippen LogP) is 3.98. The van der Waals surface area contributed by atoms with Gasteiger partial charge in [0.1, 0.15) is 5.82 Å². The van der Waals surface area contributed by atoms with Crippen molar-refractivity contribution in [1.82, 2.24) is 0 Å². The molecule has 2 heteroatoms. The molecule has 0 heterocycles. The molecule has 0 aliphatic heterocycles. The highest BCUT2D eigenvalue weighted by Crippen LogP contribution is 2.15. The van der Waals surface area contributed by atoms with Gasteiger partial charge in [0.15, 0.2) is 0 Å². The van der Waals surface area contributed by atoms with E-state index in [0.717, 1.165) is 24.4 Å². The van der Waals surface area contributed by atoms with Crippen molar-refractivity contribution in [3.8, 4) is 0 Å². The van der Waals surface area contributed by atoms with Crippen molar-refractivity contribution in [2.24, 2.45) is 5.92 Å². The number of hydrogen-bond donors (Lipinski definition) is 1. The quantitative estimate of drug-likeness (QED) is 0.723. The summed E-state index contributed by atoms with van der Waals surface area (Å²) >= 11 is 0. The van der Waals surface area contributed by atoms with Crippen LogP contribution in [0.4, 0.5) is 10.1 Å². The summed E-state index contributed by atoms with van der Waals surface area (Å²) in [7, 11) is 0. The normalized spacial score (nSPS) is 10.7. The molecule has 1 rings (SSSR count). The first kappa shape index (κ1) is 12.0. The second kappa shape index (κ2) is 5.74. The molecule has 0 aromatic heterocycles. The molecule has 0 saturated heterocycles. The number of rotatable bonds is 5. The van der Waals surface area contributed by atoms with Crippen LogP contribution in [0.25, 0.3) is 0 Å². The molecule has 84 valence electrons.